The van der Waals surface area contributed by atoms with Crippen LogP contribution in [0.15, 0.2) is 22.5 Å². The number of aromatic nitrogens is 2. The molecule has 0 saturated carbocycles. The fraction of sp³-hybridized carbons (Fsp3) is 0.529. The number of nitrogens with one attached hydrogen (secondary N) is 2. The van der Waals surface area contributed by atoms with Crippen molar-refractivity contribution in [1.29, 1.82) is 0 Å². The zero-order valence-corrected chi connectivity index (χ0v) is 15.5. The predicted octanol–water partition coefficient (Wildman–Crippen LogP) is 2.64. The van der Waals surface area contributed by atoms with Gasteiger partial charge in [-0.05, 0) is 37.6 Å². The van der Waals surface area contributed by atoms with E-state index < -0.39 is 0 Å². The highest BCUT2D eigenvalue weighted by Crippen LogP contribution is 2.14. The molecule has 0 saturated heterocycles. The molecule has 1 unspecified atom stereocenters. The second-order valence-electron chi connectivity index (χ2n) is 5.97. The van der Waals surface area contributed by atoms with Crippen LogP contribution in [0.25, 0.3) is 0 Å². The number of thiophene rings is 1. The summed E-state index contributed by atoms with van der Waals surface area (Å²) in [6.45, 7) is 8.04. The first-order valence-corrected chi connectivity index (χ1v) is 8.85. The van der Waals surface area contributed by atoms with Gasteiger partial charge < -0.3 is 10.6 Å². The van der Waals surface area contributed by atoms with Gasteiger partial charge in [0.25, 0.3) is 0 Å². The maximum Gasteiger partial charge on any atom is 0.191 e. The molecule has 2 heterocycles. The molecule has 1 atom stereocenters. The molecule has 0 aliphatic carbocycles. The Kier molecular flexibility index (Phi) is 6.21. The molecule has 2 rings (SSSR count). The van der Waals surface area contributed by atoms with E-state index in [4.69, 9.17) is 0 Å². The Hall–Kier alpha value is -1.82. The van der Waals surface area contributed by atoms with Crippen LogP contribution in [-0.2, 0) is 20.0 Å². The highest BCUT2D eigenvalue weighted by Gasteiger charge is 2.10. The normalized spacial score (nSPS) is 13.2. The van der Waals surface area contributed by atoms with Crippen LogP contribution in [0.3, 0.4) is 0 Å². The largest absolute Gasteiger partial charge is 0.356 e. The van der Waals surface area contributed by atoms with Gasteiger partial charge in [-0.3, -0.25) is 9.67 Å². The van der Waals surface area contributed by atoms with Crippen LogP contribution >= 0.6 is 11.3 Å². The van der Waals surface area contributed by atoms with Gasteiger partial charge in [0, 0.05) is 43.3 Å². The monoisotopic (exact) mass is 333 g/mol. The van der Waals surface area contributed by atoms with Crippen molar-refractivity contribution in [2.45, 2.75) is 33.7 Å². The SMILES string of the molecule is CN=C(NCc1c(C)nn(C)c1C)NCC(C)Cc1cccs1. The lowest BCUT2D eigenvalue weighted by molar-refractivity contribution is 0.562. The van der Waals surface area contributed by atoms with Crippen molar-refractivity contribution in [2.24, 2.45) is 18.0 Å². The fourth-order valence-corrected chi connectivity index (χ4v) is 3.45. The second kappa shape index (κ2) is 8.15. The molecule has 0 spiro atoms. The zero-order chi connectivity index (χ0) is 16.8. The lowest BCUT2D eigenvalue weighted by atomic mass is 10.1. The molecule has 5 nitrogen and oxygen atoms in total. The van der Waals surface area contributed by atoms with Crippen molar-refractivity contribution in [3.05, 3.63) is 39.3 Å². The third kappa shape index (κ3) is 4.82. The summed E-state index contributed by atoms with van der Waals surface area (Å²) < 4.78 is 1.92. The van der Waals surface area contributed by atoms with E-state index in [2.05, 4.69) is 52.1 Å². The van der Waals surface area contributed by atoms with Crippen LogP contribution in [0.4, 0.5) is 0 Å². The van der Waals surface area contributed by atoms with Gasteiger partial charge >= 0.3 is 0 Å². The highest BCUT2D eigenvalue weighted by molar-refractivity contribution is 7.09. The summed E-state index contributed by atoms with van der Waals surface area (Å²) in [5, 5.41) is 13.4. The summed E-state index contributed by atoms with van der Waals surface area (Å²) in [4.78, 5) is 5.74. The average molecular weight is 334 g/mol. The summed E-state index contributed by atoms with van der Waals surface area (Å²) in [5.41, 5.74) is 3.50. The quantitative estimate of drug-likeness (QED) is 0.631. The number of rotatable bonds is 6. The lowest BCUT2D eigenvalue weighted by Gasteiger charge is -2.15. The minimum Gasteiger partial charge on any atom is -0.356 e. The Balaban J connectivity index is 1.81. The van der Waals surface area contributed by atoms with E-state index in [0.717, 1.165) is 31.2 Å². The van der Waals surface area contributed by atoms with Gasteiger partial charge in [-0.15, -0.1) is 11.3 Å². The van der Waals surface area contributed by atoms with Crippen molar-refractivity contribution in [2.75, 3.05) is 13.6 Å². The van der Waals surface area contributed by atoms with E-state index >= 15 is 0 Å². The molecule has 2 N–H and O–H groups in total. The van der Waals surface area contributed by atoms with Crippen molar-refractivity contribution in [1.82, 2.24) is 20.4 Å². The van der Waals surface area contributed by atoms with Crippen LogP contribution in [-0.4, -0.2) is 29.3 Å². The summed E-state index contributed by atoms with van der Waals surface area (Å²) in [6, 6.07) is 4.31. The van der Waals surface area contributed by atoms with E-state index in [1.165, 1.54) is 16.1 Å². The number of nitrogens with zero attached hydrogens (tertiary/aromatic N) is 3. The molecule has 2 aromatic heterocycles. The topological polar surface area (TPSA) is 54.2 Å². The Morgan fingerprint density at radius 2 is 2.17 bits per heavy atom. The molecule has 0 aliphatic rings. The van der Waals surface area contributed by atoms with Crippen molar-refractivity contribution >= 4 is 17.3 Å². The Labute approximate surface area is 142 Å². The van der Waals surface area contributed by atoms with E-state index in [1.54, 1.807) is 0 Å². The van der Waals surface area contributed by atoms with Gasteiger partial charge in [0.2, 0.25) is 0 Å². The minimum atomic E-state index is 0.564. The number of aliphatic imine (C=N–C) groups is 1. The second-order valence-corrected chi connectivity index (χ2v) is 7.00. The molecule has 0 radical (unpaired) electrons. The highest BCUT2D eigenvalue weighted by atomic mass is 32.1. The van der Waals surface area contributed by atoms with E-state index in [9.17, 15) is 0 Å². The molecule has 6 heteroatoms. The zero-order valence-electron chi connectivity index (χ0n) is 14.7. The van der Waals surface area contributed by atoms with E-state index in [-0.39, 0.29) is 0 Å². The lowest BCUT2D eigenvalue weighted by Crippen LogP contribution is -2.39. The van der Waals surface area contributed by atoms with Crippen LogP contribution in [0.2, 0.25) is 0 Å². The molecule has 0 bridgehead atoms. The Morgan fingerprint density at radius 3 is 2.74 bits per heavy atom. The Bertz CT molecular complexity index is 642. The minimum absolute atomic E-state index is 0.564. The fourth-order valence-electron chi connectivity index (χ4n) is 2.58. The summed E-state index contributed by atoms with van der Waals surface area (Å²) in [6.07, 6.45) is 1.10. The van der Waals surface area contributed by atoms with Crippen molar-refractivity contribution in [3.8, 4) is 0 Å². The van der Waals surface area contributed by atoms with Crippen LogP contribution < -0.4 is 10.6 Å². The van der Waals surface area contributed by atoms with Crippen molar-refractivity contribution < 1.29 is 0 Å². The van der Waals surface area contributed by atoms with Crippen LogP contribution in [0.5, 0.6) is 0 Å². The molecular weight excluding hydrogens is 306 g/mol. The van der Waals surface area contributed by atoms with Gasteiger partial charge in [-0.1, -0.05) is 13.0 Å². The van der Waals surface area contributed by atoms with Gasteiger partial charge in [0.1, 0.15) is 0 Å². The third-order valence-electron chi connectivity index (χ3n) is 4.06. The molecule has 23 heavy (non-hydrogen) atoms. The standard InChI is InChI=1S/C17H27N5S/c1-12(9-15-7-6-8-23-15)10-19-17(18-4)20-11-16-13(2)21-22(5)14(16)3/h6-8,12H,9-11H2,1-5H3,(H2,18,19,20). The Morgan fingerprint density at radius 1 is 1.39 bits per heavy atom. The maximum absolute atomic E-state index is 4.45. The number of guanidine groups is 1. The first-order valence-electron chi connectivity index (χ1n) is 7.97. The maximum atomic E-state index is 4.45. The van der Waals surface area contributed by atoms with Gasteiger partial charge in [0.15, 0.2) is 5.96 Å². The first-order chi connectivity index (χ1) is 11.0. The molecular formula is C17H27N5S. The smallest absolute Gasteiger partial charge is 0.191 e. The predicted molar refractivity (Wildman–Crippen MR) is 98.1 cm³/mol. The molecule has 0 aromatic carbocycles. The van der Waals surface area contributed by atoms with Crippen LogP contribution in [0.1, 0.15) is 28.8 Å². The van der Waals surface area contributed by atoms with E-state index in [1.807, 2.05) is 37.0 Å². The summed E-state index contributed by atoms with van der Waals surface area (Å²) in [5.74, 6) is 1.40. The van der Waals surface area contributed by atoms with Gasteiger partial charge in [0.05, 0.1) is 5.69 Å². The third-order valence-corrected chi connectivity index (χ3v) is 4.96. The number of aryl methyl sites for hydroxylation is 2. The number of hydrogen-bond donors (Lipinski definition) is 2. The van der Waals surface area contributed by atoms with Gasteiger partial charge in [-0.2, -0.15) is 5.10 Å². The molecule has 0 fully saturated rings. The molecule has 0 aliphatic heterocycles. The number of hydrogen-bond acceptors (Lipinski definition) is 3. The average Bonchev–Trinajstić information content (AvgIpc) is 3.10. The van der Waals surface area contributed by atoms with Gasteiger partial charge in [-0.25, -0.2) is 0 Å². The molecule has 126 valence electrons. The molecule has 2 aromatic rings. The summed E-state index contributed by atoms with van der Waals surface area (Å²) in [7, 11) is 3.79. The first kappa shape index (κ1) is 17.5. The van der Waals surface area contributed by atoms with Crippen LogP contribution in [0, 0.1) is 19.8 Å². The molecule has 0 amide bonds. The van der Waals surface area contributed by atoms with Crippen molar-refractivity contribution in [3.63, 3.8) is 0 Å². The van der Waals surface area contributed by atoms with E-state index in [0.29, 0.717) is 5.92 Å². The summed E-state index contributed by atoms with van der Waals surface area (Å²) >= 11 is 1.82.